The van der Waals surface area contributed by atoms with Crippen LogP contribution in [0.5, 0.6) is 0 Å². The van der Waals surface area contributed by atoms with Crippen molar-refractivity contribution in [1.82, 2.24) is 0 Å². The average molecular weight is 269 g/mol. The molecule has 0 spiro atoms. The zero-order valence-electron chi connectivity index (χ0n) is 10.5. The van der Waals surface area contributed by atoms with Gasteiger partial charge < -0.3 is 21.5 Å². The van der Waals surface area contributed by atoms with E-state index in [4.69, 9.17) is 11.5 Å². The van der Waals surface area contributed by atoms with Crippen molar-refractivity contribution in [3.05, 3.63) is 29.6 Å². The van der Waals surface area contributed by atoms with Gasteiger partial charge in [0.1, 0.15) is 5.82 Å². The number of aliphatic hydroxyl groups is 1. The van der Waals surface area contributed by atoms with Crippen LogP contribution in [0.4, 0.5) is 10.1 Å². The summed E-state index contributed by atoms with van der Waals surface area (Å²) in [6.45, 7) is 0.707. The number of benzene rings is 1. The van der Waals surface area contributed by atoms with Crippen molar-refractivity contribution in [3.8, 4) is 0 Å². The predicted octanol–water partition coefficient (Wildman–Crippen LogP) is -0.344. The fraction of sp³-hybridized carbons (Fsp3) is 0.333. The highest BCUT2D eigenvalue weighted by Crippen LogP contribution is 2.29. The number of carbonyl (C=O) groups excluding carboxylic acids is 2. The van der Waals surface area contributed by atoms with E-state index in [1.807, 2.05) is 0 Å². The van der Waals surface area contributed by atoms with Crippen molar-refractivity contribution in [2.75, 3.05) is 18.0 Å². The van der Waals surface area contributed by atoms with Crippen LogP contribution in [-0.2, 0) is 9.59 Å². The molecule has 0 aliphatic rings. The lowest BCUT2D eigenvalue weighted by molar-refractivity contribution is -0.117. The monoisotopic (exact) mass is 269 g/mol. The molecular weight excluding hydrogens is 253 g/mol. The Labute approximate surface area is 109 Å². The standard InChI is InChI=1S/C12H16FN3O3/c1-7(17)8-3-2-4-9(13)12(8)16(5-10(14)18)6-11(15)19/h2-4,7,17H,5-6H2,1H3,(H2,14,18)(H2,15,19)/t7-/m0/s1. The topological polar surface area (TPSA) is 110 Å². The van der Waals surface area contributed by atoms with Crippen LogP contribution in [0.2, 0.25) is 0 Å². The molecular formula is C12H16FN3O3. The third kappa shape index (κ3) is 3.92. The van der Waals surface area contributed by atoms with Crippen molar-refractivity contribution in [3.63, 3.8) is 0 Å². The van der Waals surface area contributed by atoms with E-state index < -0.39 is 23.7 Å². The Balaban J connectivity index is 3.27. The second-order valence-electron chi connectivity index (χ2n) is 4.14. The molecule has 0 aliphatic heterocycles. The smallest absolute Gasteiger partial charge is 0.236 e. The second-order valence-corrected chi connectivity index (χ2v) is 4.14. The van der Waals surface area contributed by atoms with Crippen LogP contribution in [0, 0.1) is 5.82 Å². The fourth-order valence-corrected chi connectivity index (χ4v) is 1.79. The van der Waals surface area contributed by atoms with E-state index in [1.165, 1.54) is 19.1 Å². The molecule has 7 heteroatoms. The van der Waals surface area contributed by atoms with Crippen molar-refractivity contribution in [2.45, 2.75) is 13.0 Å². The molecule has 0 radical (unpaired) electrons. The lowest BCUT2D eigenvalue weighted by Crippen LogP contribution is -2.40. The van der Waals surface area contributed by atoms with Gasteiger partial charge in [-0.2, -0.15) is 0 Å². The van der Waals surface area contributed by atoms with Crippen LogP contribution >= 0.6 is 0 Å². The van der Waals surface area contributed by atoms with Crippen LogP contribution in [0.15, 0.2) is 18.2 Å². The molecule has 0 heterocycles. The predicted molar refractivity (Wildman–Crippen MR) is 67.6 cm³/mol. The minimum Gasteiger partial charge on any atom is -0.389 e. The normalized spacial score (nSPS) is 11.9. The van der Waals surface area contributed by atoms with E-state index >= 15 is 0 Å². The minimum absolute atomic E-state index is 0.0462. The highest BCUT2D eigenvalue weighted by atomic mass is 19.1. The van der Waals surface area contributed by atoms with Gasteiger partial charge in [-0.15, -0.1) is 0 Å². The maximum atomic E-state index is 13.9. The third-order valence-electron chi connectivity index (χ3n) is 2.48. The number of hydrogen-bond donors (Lipinski definition) is 3. The van der Waals surface area contributed by atoms with E-state index in [0.29, 0.717) is 0 Å². The van der Waals surface area contributed by atoms with Gasteiger partial charge in [-0.25, -0.2) is 4.39 Å². The molecule has 0 aromatic heterocycles. The molecule has 0 saturated carbocycles. The first kappa shape index (κ1) is 14.9. The van der Waals surface area contributed by atoms with Gasteiger partial charge in [0.2, 0.25) is 11.8 Å². The maximum absolute atomic E-state index is 13.9. The molecule has 0 unspecified atom stereocenters. The van der Waals surface area contributed by atoms with Crippen LogP contribution < -0.4 is 16.4 Å². The van der Waals surface area contributed by atoms with Crippen molar-refractivity contribution in [1.29, 1.82) is 0 Å². The van der Waals surface area contributed by atoms with E-state index in [9.17, 15) is 19.1 Å². The van der Waals surface area contributed by atoms with Crippen molar-refractivity contribution in [2.24, 2.45) is 11.5 Å². The molecule has 5 N–H and O–H groups in total. The Morgan fingerprint density at radius 1 is 1.32 bits per heavy atom. The SMILES string of the molecule is C[C@H](O)c1cccc(F)c1N(CC(N)=O)CC(N)=O. The number of amides is 2. The summed E-state index contributed by atoms with van der Waals surface area (Å²) >= 11 is 0. The van der Waals surface area contributed by atoms with Crippen LogP contribution in [0.25, 0.3) is 0 Å². The summed E-state index contributed by atoms with van der Waals surface area (Å²) in [4.78, 5) is 23.1. The molecule has 104 valence electrons. The summed E-state index contributed by atoms with van der Waals surface area (Å²) in [6.07, 6.45) is -0.964. The van der Waals surface area contributed by atoms with E-state index in [2.05, 4.69) is 0 Å². The molecule has 1 aromatic carbocycles. The fourth-order valence-electron chi connectivity index (χ4n) is 1.79. The van der Waals surface area contributed by atoms with Crippen LogP contribution in [-0.4, -0.2) is 30.0 Å². The van der Waals surface area contributed by atoms with Gasteiger partial charge in [0.25, 0.3) is 0 Å². The van der Waals surface area contributed by atoms with Gasteiger partial charge in [-0.05, 0) is 13.0 Å². The number of halogens is 1. The number of nitrogens with zero attached hydrogens (tertiary/aromatic N) is 1. The Kier molecular flexibility index (Phi) is 4.82. The molecule has 0 saturated heterocycles. The zero-order valence-corrected chi connectivity index (χ0v) is 10.5. The molecule has 2 amide bonds. The summed E-state index contributed by atoms with van der Waals surface area (Å²) in [7, 11) is 0. The van der Waals surface area contributed by atoms with E-state index in [0.717, 1.165) is 11.0 Å². The number of carbonyl (C=O) groups is 2. The minimum atomic E-state index is -0.964. The lowest BCUT2D eigenvalue weighted by Gasteiger charge is -2.25. The highest BCUT2D eigenvalue weighted by molar-refractivity contribution is 5.85. The van der Waals surface area contributed by atoms with Gasteiger partial charge in [0.15, 0.2) is 0 Å². The van der Waals surface area contributed by atoms with Crippen LogP contribution in [0.3, 0.4) is 0 Å². The molecule has 0 aliphatic carbocycles. The average Bonchev–Trinajstić information content (AvgIpc) is 2.26. The first-order valence-electron chi connectivity index (χ1n) is 5.61. The number of aliphatic hydroxyl groups excluding tert-OH is 1. The first-order valence-corrected chi connectivity index (χ1v) is 5.61. The van der Waals surface area contributed by atoms with Crippen LogP contribution in [0.1, 0.15) is 18.6 Å². The van der Waals surface area contributed by atoms with Gasteiger partial charge in [0.05, 0.1) is 24.9 Å². The zero-order chi connectivity index (χ0) is 14.6. The Bertz CT molecular complexity index is 475. The molecule has 1 atom stereocenters. The molecule has 1 aromatic rings. The van der Waals surface area contributed by atoms with Gasteiger partial charge >= 0.3 is 0 Å². The number of para-hydroxylation sites is 1. The summed E-state index contributed by atoms with van der Waals surface area (Å²) in [6, 6.07) is 4.09. The van der Waals surface area contributed by atoms with Gasteiger partial charge in [0, 0.05) is 5.56 Å². The second kappa shape index (κ2) is 6.14. The lowest BCUT2D eigenvalue weighted by atomic mass is 10.1. The van der Waals surface area contributed by atoms with Crippen molar-refractivity contribution < 1.29 is 19.1 Å². The first-order chi connectivity index (χ1) is 8.82. The third-order valence-corrected chi connectivity index (χ3v) is 2.48. The van der Waals surface area contributed by atoms with Crippen molar-refractivity contribution >= 4 is 17.5 Å². The number of nitrogens with two attached hydrogens (primary N) is 2. The molecule has 19 heavy (non-hydrogen) atoms. The maximum Gasteiger partial charge on any atom is 0.236 e. The van der Waals surface area contributed by atoms with E-state index in [1.54, 1.807) is 0 Å². The van der Waals surface area contributed by atoms with Gasteiger partial charge in [-0.3, -0.25) is 9.59 Å². The van der Waals surface area contributed by atoms with Gasteiger partial charge in [-0.1, -0.05) is 12.1 Å². The molecule has 6 nitrogen and oxygen atoms in total. The summed E-state index contributed by atoms with van der Waals surface area (Å²) in [5, 5.41) is 9.62. The quantitative estimate of drug-likeness (QED) is 0.656. The Hall–Kier alpha value is -2.15. The largest absolute Gasteiger partial charge is 0.389 e. The number of primary amides is 2. The summed E-state index contributed by atoms with van der Waals surface area (Å²) in [5.74, 6) is -2.14. The molecule has 1 rings (SSSR count). The Morgan fingerprint density at radius 3 is 2.26 bits per heavy atom. The summed E-state index contributed by atoms with van der Waals surface area (Å²) < 4.78 is 13.9. The summed E-state index contributed by atoms with van der Waals surface area (Å²) in [5.41, 5.74) is 10.3. The highest BCUT2D eigenvalue weighted by Gasteiger charge is 2.21. The number of hydrogen-bond acceptors (Lipinski definition) is 4. The number of anilines is 1. The molecule has 0 bridgehead atoms. The number of rotatable bonds is 6. The molecule has 0 fully saturated rings. The van der Waals surface area contributed by atoms with E-state index in [-0.39, 0.29) is 24.3 Å². The Morgan fingerprint density at radius 2 is 1.84 bits per heavy atom.